The smallest absolute Gasteiger partial charge is 0.225 e. The standard InChI is InChI=1S/C11H11ClFN3/c1-3-16(2)10-7-5-4-6-8(13)9(7)14-11(12)15-10/h4-6H,3H2,1-2H3. The molecule has 0 unspecified atom stereocenters. The Hall–Kier alpha value is -1.42. The topological polar surface area (TPSA) is 29.0 Å². The molecule has 16 heavy (non-hydrogen) atoms. The Balaban J connectivity index is 2.78. The molecule has 3 nitrogen and oxygen atoms in total. The maximum absolute atomic E-state index is 13.5. The Kier molecular flexibility index (Phi) is 2.92. The molecule has 0 aliphatic heterocycles. The molecular weight excluding hydrogens is 229 g/mol. The van der Waals surface area contributed by atoms with Gasteiger partial charge in [0.05, 0.1) is 0 Å². The predicted molar refractivity (Wildman–Crippen MR) is 63.5 cm³/mol. The van der Waals surface area contributed by atoms with E-state index in [0.29, 0.717) is 11.2 Å². The number of benzene rings is 1. The second-order valence-corrected chi connectivity index (χ2v) is 3.80. The van der Waals surface area contributed by atoms with Gasteiger partial charge in [-0.25, -0.2) is 9.37 Å². The summed E-state index contributed by atoms with van der Waals surface area (Å²) in [5.74, 6) is 0.268. The van der Waals surface area contributed by atoms with Gasteiger partial charge in [-0.3, -0.25) is 0 Å². The van der Waals surface area contributed by atoms with Gasteiger partial charge in [-0.1, -0.05) is 6.07 Å². The lowest BCUT2D eigenvalue weighted by Crippen LogP contribution is -2.18. The number of fused-ring (bicyclic) bond motifs is 1. The van der Waals surface area contributed by atoms with Gasteiger partial charge >= 0.3 is 0 Å². The van der Waals surface area contributed by atoms with Crippen LogP contribution in [0.5, 0.6) is 0 Å². The number of anilines is 1. The van der Waals surface area contributed by atoms with Crippen LogP contribution in [0.2, 0.25) is 5.28 Å². The minimum Gasteiger partial charge on any atom is -0.359 e. The van der Waals surface area contributed by atoms with E-state index in [0.717, 1.165) is 6.54 Å². The molecule has 0 fully saturated rings. The maximum atomic E-state index is 13.5. The first-order valence-electron chi connectivity index (χ1n) is 4.96. The molecule has 1 aromatic carbocycles. The Bertz CT molecular complexity index is 530. The van der Waals surface area contributed by atoms with E-state index >= 15 is 0 Å². The number of rotatable bonds is 2. The van der Waals surface area contributed by atoms with E-state index in [9.17, 15) is 4.39 Å². The van der Waals surface area contributed by atoms with Gasteiger partial charge in [0.2, 0.25) is 5.28 Å². The van der Waals surface area contributed by atoms with Crippen LogP contribution in [0, 0.1) is 5.82 Å². The number of nitrogens with zero attached hydrogens (tertiary/aromatic N) is 3. The Labute approximate surface area is 97.9 Å². The molecule has 1 heterocycles. The van der Waals surface area contributed by atoms with Crippen LogP contribution in [0.4, 0.5) is 10.2 Å². The molecule has 0 spiro atoms. The molecule has 0 aliphatic carbocycles. The molecule has 0 amide bonds. The number of para-hydroxylation sites is 1. The van der Waals surface area contributed by atoms with E-state index < -0.39 is 0 Å². The van der Waals surface area contributed by atoms with Gasteiger partial charge in [-0.2, -0.15) is 4.98 Å². The van der Waals surface area contributed by atoms with Crippen molar-refractivity contribution < 1.29 is 4.39 Å². The van der Waals surface area contributed by atoms with Gasteiger partial charge in [0.1, 0.15) is 17.2 Å². The maximum Gasteiger partial charge on any atom is 0.225 e. The fraction of sp³-hybridized carbons (Fsp3) is 0.273. The van der Waals surface area contributed by atoms with Gasteiger partial charge in [-0.15, -0.1) is 0 Å². The molecule has 0 aliphatic rings. The number of aromatic nitrogens is 2. The first-order valence-corrected chi connectivity index (χ1v) is 5.34. The number of hydrogen-bond donors (Lipinski definition) is 0. The minimum absolute atomic E-state index is 0.0629. The average molecular weight is 240 g/mol. The van der Waals surface area contributed by atoms with E-state index in [1.165, 1.54) is 6.07 Å². The summed E-state index contributed by atoms with van der Waals surface area (Å²) in [5, 5.41) is 0.738. The molecule has 2 aromatic rings. The quantitative estimate of drug-likeness (QED) is 0.755. The first-order chi connectivity index (χ1) is 7.63. The van der Waals surface area contributed by atoms with Crippen molar-refractivity contribution in [3.63, 3.8) is 0 Å². The van der Waals surface area contributed by atoms with E-state index in [1.807, 2.05) is 18.9 Å². The summed E-state index contributed by atoms with van der Waals surface area (Å²) in [6.45, 7) is 2.75. The third-order valence-electron chi connectivity index (χ3n) is 2.47. The highest BCUT2D eigenvalue weighted by Gasteiger charge is 2.12. The average Bonchev–Trinajstić information content (AvgIpc) is 2.28. The van der Waals surface area contributed by atoms with Gasteiger partial charge in [0, 0.05) is 19.0 Å². The zero-order valence-electron chi connectivity index (χ0n) is 9.04. The highest BCUT2D eigenvalue weighted by molar-refractivity contribution is 6.28. The normalized spacial score (nSPS) is 10.8. The van der Waals surface area contributed by atoms with Crippen molar-refractivity contribution in [1.29, 1.82) is 0 Å². The van der Waals surface area contributed by atoms with Crippen LogP contribution in [0.25, 0.3) is 10.9 Å². The van der Waals surface area contributed by atoms with Crippen molar-refractivity contribution >= 4 is 28.3 Å². The highest BCUT2D eigenvalue weighted by Crippen LogP contribution is 2.26. The van der Waals surface area contributed by atoms with Gasteiger partial charge in [0.15, 0.2) is 0 Å². The molecule has 0 saturated heterocycles. The fourth-order valence-electron chi connectivity index (χ4n) is 1.52. The lowest BCUT2D eigenvalue weighted by atomic mass is 10.2. The molecule has 1 aromatic heterocycles. The second kappa shape index (κ2) is 4.22. The van der Waals surface area contributed by atoms with E-state index in [2.05, 4.69) is 9.97 Å². The lowest BCUT2D eigenvalue weighted by Gasteiger charge is -2.17. The van der Waals surface area contributed by atoms with Gasteiger partial charge in [-0.05, 0) is 30.7 Å². The minimum atomic E-state index is -0.382. The van der Waals surface area contributed by atoms with E-state index in [1.54, 1.807) is 12.1 Å². The molecule has 0 saturated carbocycles. The molecule has 5 heteroatoms. The Morgan fingerprint density at radius 2 is 2.12 bits per heavy atom. The summed E-state index contributed by atoms with van der Waals surface area (Å²) in [6, 6.07) is 4.79. The van der Waals surface area contributed by atoms with Crippen molar-refractivity contribution in [3.05, 3.63) is 29.3 Å². The largest absolute Gasteiger partial charge is 0.359 e. The van der Waals surface area contributed by atoms with Crippen LogP contribution >= 0.6 is 11.6 Å². The zero-order chi connectivity index (χ0) is 11.7. The molecule has 0 N–H and O–H groups in total. The summed E-state index contributed by atoms with van der Waals surface area (Å²) in [7, 11) is 1.88. The Morgan fingerprint density at radius 3 is 2.81 bits per heavy atom. The van der Waals surface area contributed by atoms with Gasteiger partial charge in [0.25, 0.3) is 0 Å². The predicted octanol–water partition coefficient (Wildman–Crippen LogP) is 2.88. The van der Waals surface area contributed by atoms with Crippen molar-refractivity contribution in [2.24, 2.45) is 0 Å². The second-order valence-electron chi connectivity index (χ2n) is 3.47. The van der Waals surface area contributed by atoms with Crippen LogP contribution in [-0.2, 0) is 0 Å². The molecular formula is C11H11ClFN3. The fourth-order valence-corrected chi connectivity index (χ4v) is 1.68. The van der Waals surface area contributed by atoms with Crippen LogP contribution in [0.3, 0.4) is 0 Å². The lowest BCUT2D eigenvalue weighted by molar-refractivity contribution is 0.636. The third-order valence-corrected chi connectivity index (χ3v) is 2.63. The van der Waals surface area contributed by atoms with Crippen LogP contribution in [0.15, 0.2) is 18.2 Å². The number of halogens is 2. The van der Waals surface area contributed by atoms with Crippen molar-refractivity contribution in [3.8, 4) is 0 Å². The summed E-state index contributed by atoms with van der Waals surface area (Å²) >= 11 is 5.78. The monoisotopic (exact) mass is 239 g/mol. The summed E-state index contributed by atoms with van der Waals surface area (Å²) in [6.07, 6.45) is 0. The SMILES string of the molecule is CCN(C)c1nc(Cl)nc2c(F)cccc12. The van der Waals surface area contributed by atoms with Crippen LogP contribution in [-0.4, -0.2) is 23.6 Å². The zero-order valence-corrected chi connectivity index (χ0v) is 9.79. The van der Waals surface area contributed by atoms with Crippen molar-refractivity contribution in [1.82, 2.24) is 9.97 Å². The van der Waals surface area contributed by atoms with Crippen molar-refractivity contribution in [2.45, 2.75) is 6.92 Å². The molecule has 0 bridgehead atoms. The van der Waals surface area contributed by atoms with Crippen LogP contribution < -0.4 is 4.90 Å². The molecule has 0 radical (unpaired) electrons. The van der Waals surface area contributed by atoms with Gasteiger partial charge < -0.3 is 4.90 Å². The third kappa shape index (κ3) is 1.80. The molecule has 0 atom stereocenters. The summed E-state index contributed by atoms with van der Waals surface area (Å²) < 4.78 is 13.5. The van der Waals surface area contributed by atoms with Crippen molar-refractivity contribution in [2.75, 3.05) is 18.5 Å². The highest BCUT2D eigenvalue weighted by atomic mass is 35.5. The van der Waals surface area contributed by atoms with E-state index in [4.69, 9.17) is 11.6 Å². The molecule has 2 rings (SSSR count). The van der Waals surface area contributed by atoms with E-state index in [-0.39, 0.29) is 16.6 Å². The Morgan fingerprint density at radius 1 is 1.38 bits per heavy atom. The van der Waals surface area contributed by atoms with Crippen LogP contribution in [0.1, 0.15) is 6.92 Å². The number of hydrogen-bond acceptors (Lipinski definition) is 3. The first kappa shape index (κ1) is 11.1. The summed E-state index contributed by atoms with van der Waals surface area (Å²) in [4.78, 5) is 9.93. The summed E-state index contributed by atoms with van der Waals surface area (Å²) in [5.41, 5.74) is 0.262. The molecule has 84 valence electrons.